The number of carbonyl (C=O) groups excluding carboxylic acids is 1. The van der Waals surface area contributed by atoms with E-state index in [0.29, 0.717) is 12.5 Å². The Kier molecular flexibility index (Phi) is 4.39. The summed E-state index contributed by atoms with van der Waals surface area (Å²) in [6.45, 7) is 9.18. The Morgan fingerprint density at radius 3 is 2.86 bits per heavy atom. The van der Waals surface area contributed by atoms with E-state index in [1.54, 1.807) is 0 Å². The molecule has 3 nitrogen and oxygen atoms in total. The van der Waals surface area contributed by atoms with Crippen molar-refractivity contribution in [3.05, 3.63) is 0 Å². The van der Waals surface area contributed by atoms with Gasteiger partial charge in [-0.1, -0.05) is 20.8 Å². The molecule has 0 bridgehead atoms. The molecule has 0 unspecified atom stereocenters. The summed E-state index contributed by atoms with van der Waals surface area (Å²) in [5.41, 5.74) is 0. The second-order valence-corrected chi connectivity index (χ2v) is 4.29. The Labute approximate surface area is 86.4 Å². The maximum atomic E-state index is 11.8. The fourth-order valence-corrected chi connectivity index (χ4v) is 1.69. The lowest BCUT2D eigenvalue weighted by atomic mass is 10.1. The molecule has 1 fully saturated rings. The Balaban J connectivity index is 2.54. The first-order valence-corrected chi connectivity index (χ1v) is 5.51. The molecule has 0 saturated carbocycles. The van der Waals surface area contributed by atoms with Gasteiger partial charge in [-0.3, -0.25) is 4.79 Å². The van der Waals surface area contributed by atoms with Crippen LogP contribution in [-0.2, 0) is 9.53 Å². The minimum absolute atomic E-state index is 0.102. The first-order valence-electron chi connectivity index (χ1n) is 5.51. The molecular formula is C11H21NO2. The van der Waals surface area contributed by atoms with Gasteiger partial charge in [0.05, 0.1) is 13.2 Å². The van der Waals surface area contributed by atoms with E-state index in [1.807, 2.05) is 18.7 Å². The largest absolute Gasteiger partial charge is 0.379 e. The first kappa shape index (κ1) is 11.5. The lowest BCUT2D eigenvalue weighted by molar-refractivity contribution is -0.134. The maximum absolute atomic E-state index is 11.8. The number of hydrogen-bond acceptors (Lipinski definition) is 2. The zero-order chi connectivity index (χ0) is 10.6. The molecule has 0 aromatic carbocycles. The quantitative estimate of drug-likeness (QED) is 0.675. The zero-order valence-corrected chi connectivity index (χ0v) is 9.45. The van der Waals surface area contributed by atoms with Gasteiger partial charge >= 0.3 is 0 Å². The smallest absolute Gasteiger partial charge is 0.225 e. The molecule has 1 atom stereocenters. The molecule has 1 amide bonds. The zero-order valence-electron chi connectivity index (χ0n) is 9.45. The van der Waals surface area contributed by atoms with Gasteiger partial charge in [0.2, 0.25) is 5.91 Å². The molecular weight excluding hydrogens is 178 g/mol. The summed E-state index contributed by atoms with van der Waals surface area (Å²) < 4.78 is 5.46. The number of ether oxygens (including phenoxy) is 1. The van der Waals surface area contributed by atoms with E-state index in [-0.39, 0.29) is 11.8 Å². The van der Waals surface area contributed by atoms with Crippen LogP contribution in [0.3, 0.4) is 0 Å². The van der Waals surface area contributed by atoms with Gasteiger partial charge in [0.25, 0.3) is 0 Å². The number of rotatable bonds is 2. The third-order valence-electron chi connectivity index (χ3n) is 2.72. The summed E-state index contributed by atoms with van der Waals surface area (Å²) in [6, 6.07) is 0. The van der Waals surface area contributed by atoms with Crippen LogP contribution in [0.5, 0.6) is 0 Å². The molecule has 1 heterocycles. The van der Waals surface area contributed by atoms with Crippen molar-refractivity contribution in [1.29, 1.82) is 0 Å². The first-order chi connectivity index (χ1) is 6.65. The Bertz CT molecular complexity index is 192. The van der Waals surface area contributed by atoms with E-state index >= 15 is 0 Å². The van der Waals surface area contributed by atoms with Crippen molar-refractivity contribution in [1.82, 2.24) is 4.90 Å². The highest BCUT2D eigenvalue weighted by Gasteiger charge is 2.22. The van der Waals surface area contributed by atoms with Crippen molar-refractivity contribution in [2.45, 2.75) is 27.2 Å². The molecule has 0 aliphatic carbocycles. The highest BCUT2D eigenvalue weighted by Crippen LogP contribution is 2.12. The Morgan fingerprint density at radius 2 is 2.29 bits per heavy atom. The number of nitrogens with zero attached hydrogens (tertiary/aromatic N) is 1. The summed E-state index contributed by atoms with van der Waals surface area (Å²) in [7, 11) is 0. The van der Waals surface area contributed by atoms with E-state index in [0.717, 1.165) is 26.1 Å². The molecule has 0 aromatic heterocycles. The van der Waals surface area contributed by atoms with Gasteiger partial charge in [-0.15, -0.1) is 0 Å². The molecule has 82 valence electrons. The fourth-order valence-electron chi connectivity index (χ4n) is 1.69. The topological polar surface area (TPSA) is 29.5 Å². The molecule has 14 heavy (non-hydrogen) atoms. The number of hydrogen-bond donors (Lipinski definition) is 0. The number of carbonyl (C=O) groups is 1. The third-order valence-corrected chi connectivity index (χ3v) is 2.72. The summed E-state index contributed by atoms with van der Waals surface area (Å²) in [5, 5.41) is 0. The van der Waals surface area contributed by atoms with Crippen LogP contribution in [0.15, 0.2) is 0 Å². The highest BCUT2D eigenvalue weighted by molar-refractivity contribution is 5.78. The lowest BCUT2D eigenvalue weighted by Gasteiger charge is -2.24. The van der Waals surface area contributed by atoms with E-state index < -0.39 is 0 Å². The minimum Gasteiger partial charge on any atom is -0.379 e. The van der Waals surface area contributed by atoms with Gasteiger partial charge in [0.1, 0.15) is 0 Å². The van der Waals surface area contributed by atoms with Crippen LogP contribution in [0, 0.1) is 11.8 Å². The number of amides is 1. The molecule has 3 heteroatoms. The summed E-state index contributed by atoms with van der Waals surface area (Å²) in [6.07, 6.45) is 1.09. The molecule has 0 radical (unpaired) electrons. The molecule has 0 aromatic rings. The highest BCUT2D eigenvalue weighted by atomic mass is 16.5. The summed E-state index contributed by atoms with van der Waals surface area (Å²) in [5.74, 6) is 0.875. The van der Waals surface area contributed by atoms with E-state index in [2.05, 4.69) is 6.92 Å². The SMILES string of the molecule is CC[C@H]1COCCN(C(=O)C(C)C)C1. The van der Waals surface area contributed by atoms with Gasteiger partial charge in [0.15, 0.2) is 0 Å². The average molecular weight is 199 g/mol. The monoisotopic (exact) mass is 199 g/mol. The minimum atomic E-state index is 0.102. The second kappa shape index (κ2) is 5.35. The van der Waals surface area contributed by atoms with Crippen LogP contribution in [0.2, 0.25) is 0 Å². The molecule has 1 rings (SSSR count). The van der Waals surface area contributed by atoms with E-state index in [1.165, 1.54) is 0 Å². The fraction of sp³-hybridized carbons (Fsp3) is 0.909. The predicted molar refractivity (Wildman–Crippen MR) is 56.0 cm³/mol. The van der Waals surface area contributed by atoms with Gasteiger partial charge in [-0.2, -0.15) is 0 Å². The van der Waals surface area contributed by atoms with Crippen molar-refractivity contribution < 1.29 is 9.53 Å². The lowest BCUT2D eigenvalue weighted by Crippen LogP contribution is -2.38. The van der Waals surface area contributed by atoms with Crippen molar-refractivity contribution in [2.24, 2.45) is 11.8 Å². The van der Waals surface area contributed by atoms with Crippen molar-refractivity contribution in [3.8, 4) is 0 Å². The van der Waals surface area contributed by atoms with Crippen molar-refractivity contribution in [2.75, 3.05) is 26.3 Å². The van der Waals surface area contributed by atoms with Gasteiger partial charge < -0.3 is 9.64 Å². The molecule has 0 N–H and O–H groups in total. The Hall–Kier alpha value is -0.570. The van der Waals surface area contributed by atoms with Crippen molar-refractivity contribution in [3.63, 3.8) is 0 Å². The van der Waals surface area contributed by atoms with Crippen LogP contribution in [0.25, 0.3) is 0 Å². The summed E-state index contributed by atoms with van der Waals surface area (Å²) >= 11 is 0. The van der Waals surface area contributed by atoms with Crippen LogP contribution >= 0.6 is 0 Å². The molecule has 1 aliphatic heterocycles. The maximum Gasteiger partial charge on any atom is 0.225 e. The third kappa shape index (κ3) is 2.98. The van der Waals surface area contributed by atoms with Crippen LogP contribution < -0.4 is 0 Å². The molecule has 1 aliphatic rings. The van der Waals surface area contributed by atoms with Crippen LogP contribution in [0.4, 0.5) is 0 Å². The van der Waals surface area contributed by atoms with Crippen LogP contribution in [0.1, 0.15) is 27.2 Å². The molecule has 0 spiro atoms. The van der Waals surface area contributed by atoms with Crippen LogP contribution in [-0.4, -0.2) is 37.1 Å². The standard InChI is InChI=1S/C11H21NO2/c1-4-10-7-12(5-6-14-8-10)11(13)9(2)3/h9-10H,4-8H2,1-3H3/t10-/m1/s1. The van der Waals surface area contributed by atoms with E-state index in [4.69, 9.17) is 4.74 Å². The van der Waals surface area contributed by atoms with Gasteiger partial charge in [0, 0.05) is 19.0 Å². The van der Waals surface area contributed by atoms with Gasteiger partial charge in [-0.25, -0.2) is 0 Å². The predicted octanol–water partition coefficient (Wildman–Crippen LogP) is 1.53. The average Bonchev–Trinajstić information content (AvgIpc) is 2.41. The van der Waals surface area contributed by atoms with E-state index in [9.17, 15) is 4.79 Å². The normalized spacial score (nSPS) is 23.7. The van der Waals surface area contributed by atoms with Gasteiger partial charge in [-0.05, 0) is 12.3 Å². The Morgan fingerprint density at radius 1 is 1.57 bits per heavy atom. The molecule has 1 saturated heterocycles. The summed E-state index contributed by atoms with van der Waals surface area (Å²) in [4.78, 5) is 13.7. The van der Waals surface area contributed by atoms with Crippen molar-refractivity contribution >= 4 is 5.91 Å². The second-order valence-electron chi connectivity index (χ2n) is 4.29.